The maximum absolute atomic E-state index is 13.4. The first-order chi connectivity index (χ1) is 8.60. The minimum Gasteiger partial charge on any atom is -0.465 e. The molecule has 0 radical (unpaired) electrons. The molecular weight excluding hydrogens is 257 g/mol. The molecular formula is C13H9ClFNO2. The Labute approximate surface area is 108 Å². The second-order valence-corrected chi connectivity index (χ2v) is 4.02. The van der Waals surface area contributed by atoms with Crippen LogP contribution in [0.25, 0.3) is 11.3 Å². The van der Waals surface area contributed by atoms with E-state index in [1.807, 2.05) is 0 Å². The fourth-order valence-corrected chi connectivity index (χ4v) is 1.70. The second kappa shape index (κ2) is 5.14. The van der Waals surface area contributed by atoms with Crippen LogP contribution >= 0.6 is 11.6 Å². The van der Waals surface area contributed by atoms with E-state index in [0.29, 0.717) is 16.3 Å². The summed E-state index contributed by atoms with van der Waals surface area (Å²) in [5.74, 6) is -1.13. The number of hydrogen-bond acceptors (Lipinski definition) is 3. The molecule has 0 aliphatic rings. The third-order valence-corrected chi connectivity index (χ3v) is 2.57. The van der Waals surface area contributed by atoms with Gasteiger partial charge >= 0.3 is 5.97 Å². The van der Waals surface area contributed by atoms with E-state index < -0.39 is 11.8 Å². The average Bonchev–Trinajstić information content (AvgIpc) is 2.37. The molecule has 0 aliphatic carbocycles. The zero-order valence-electron chi connectivity index (χ0n) is 9.48. The van der Waals surface area contributed by atoms with Gasteiger partial charge in [-0.15, -0.1) is 0 Å². The van der Waals surface area contributed by atoms with Gasteiger partial charge in [0, 0.05) is 16.8 Å². The van der Waals surface area contributed by atoms with Crippen molar-refractivity contribution in [3.63, 3.8) is 0 Å². The Morgan fingerprint density at radius 3 is 2.78 bits per heavy atom. The van der Waals surface area contributed by atoms with Crippen molar-refractivity contribution in [2.24, 2.45) is 0 Å². The molecule has 2 aromatic rings. The number of rotatable bonds is 2. The molecule has 0 amide bonds. The van der Waals surface area contributed by atoms with Crippen LogP contribution in [0.2, 0.25) is 5.02 Å². The van der Waals surface area contributed by atoms with Crippen molar-refractivity contribution in [1.29, 1.82) is 0 Å². The number of pyridine rings is 1. The molecule has 1 heterocycles. The summed E-state index contributed by atoms with van der Waals surface area (Å²) in [7, 11) is 1.24. The van der Waals surface area contributed by atoms with Crippen LogP contribution in [0.4, 0.5) is 4.39 Å². The lowest BCUT2D eigenvalue weighted by Crippen LogP contribution is -2.02. The lowest BCUT2D eigenvalue weighted by atomic mass is 10.1. The van der Waals surface area contributed by atoms with Gasteiger partial charge < -0.3 is 4.74 Å². The van der Waals surface area contributed by atoms with Crippen LogP contribution in [0, 0.1) is 5.82 Å². The van der Waals surface area contributed by atoms with Crippen molar-refractivity contribution >= 4 is 17.6 Å². The van der Waals surface area contributed by atoms with Crippen molar-refractivity contribution in [3.8, 4) is 11.3 Å². The highest BCUT2D eigenvalue weighted by Gasteiger charge is 2.10. The fourth-order valence-electron chi connectivity index (χ4n) is 1.54. The highest BCUT2D eigenvalue weighted by atomic mass is 35.5. The van der Waals surface area contributed by atoms with Crippen molar-refractivity contribution in [2.75, 3.05) is 7.11 Å². The number of methoxy groups -OCH3 is 1. The summed E-state index contributed by atoms with van der Waals surface area (Å²) in [6.07, 6.45) is 1.51. The third-order valence-electron chi connectivity index (χ3n) is 2.34. The summed E-state index contributed by atoms with van der Waals surface area (Å²) in [5.41, 5.74) is 1.10. The van der Waals surface area contributed by atoms with Gasteiger partial charge in [0.2, 0.25) is 0 Å². The molecule has 0 unspecified atom stereocenters. The first-order valence-corrected chi connectivity index (χ1v) is 5.49. The van der Waals surface area contributed by atoms with Crippen LogP contribution in [0.5, 0.6) is 0 Å². The molecule has 3 nitrogen and oxygen atoms in total. The van der Waals surface area contributed by atoms with Gasteiger partial charge in [0.25, 0.3) is 0 Å². The number of halogens is 2. The Bertz CT molecular complexity index is 601. The standard InChI is InChI=1S/C13H9ClFNO2/c1-18-13(17)9-4-8(5-11(15)6-9)12-7-10(14)2-3-16-12/h2-7H,1H3. The number of carbonyl (C=O) groups is 1. The van der Waals surface area contributed by atoms with Gasteiger partial charge in [0.15, 0.2) is 0 Å². The smallest absolute Gasteiger partial charge is 0.337 e. The molecule has 0 saturated carbocycles. The number of esters is 1. The van der Waals surface area contributed by atoms with E-state index in [9.17, 15) is 9.18 Å². The van der Waals surface area contributed by atoms with Crippen LogP contribution in [0.15, 0.2) is 36.5 Å². The number of carbonyl (C=O) groups excluding carboxylic acids is 1. The Morgan fingerprint density at radius 2 is 2.11 bits per heavy atom. The van der Waals surface area contributed by atoms with Gasteiger partial charge in [-0.05, 0) is 30.3 Å². The molecule has 2 rings (SSSR count). The van der Waals surface area contributed by atoms with Gasteiger partial charge in [-0.25, -0.2) is 9.18 Å². The van der Waals surface area contributed by atoms with Crippen LogP contribution < -0.4 is 0 Å². The van der Waals surface area contributed by atoms with Crippen LogP contribution in [-0.4, -0.2) is 18.1 Å². The first-order valence-electron chi connectivity index (χ1n) is 5.11. The lowest BCUT2D eigenvalue weighted by Gasteiger charge is -2.05. The zero-order valence-corrected chi connectivity index (χ0v) is 10.2. The van der Waals surface area contributed by atoms with Crippen molar-refractivity contribution in [3.05, 3.63) is 52.9 Å². The predicted octanol–water partition coefficient (Wildman–Crippen LogP) is 3.33. The molecule has 0 aliphatic heterocycles. The maximum Gasteiger partial charge on any atom is 0.337 e. The van der Waals surface area contributed by atoms with Crippen LogP contribution in [0.3, 0.4) is 0 Å². The van der Waals surface area contributed by atoms with Crippen molar-refractivity contribution in [1.82, 2.24) is 4.98 Å². The molecule has 0 saturated heterocycles. The number of nitrogens with zero attached hydrogens (tertiary/aromatic N) is 1. The maximum atomic E-state index is 13.4. The Morgan fingerprint density at radius 1 is 1.33 bits per heavy atom. The minimum atomic E-state index is -0.599. The molecule has 18 heavy (non-hydrogen) atoms. The first kappa shape index (κ1) is 12.5. The Kier molecular flexibility index (Phi) is 3.58. The lowest BCUT2D eigenvalue weighted by molar-refractivity contribution is 0.0600. The van der Waals surface area contributed by atoms with Crippen molar-refractivity contribution in [2.45, 2.75) is 0 Å². The number of ether oxygens (including phenoxy) is 1. The highest BCUT2D eigenvalue weighted by molar-refractivity contribution is 6.30. The molecule has 1 aromatic carbocycles. The monoisotopic (exact) mass is 265 g/mol. The third kappa shape index (κ3) is 2.65. The summed E-state index contributed by atoms with van der Waals surface area (Å²) < 4.78 is 18.0. The molecule has 0 fully saturated rings. The van der Waals surface area contributed by atoms with E-state index in [4.69, 9.17) is 11.6 Å². The van der Waals surface area contributed by atoms with E-state index in [-0.39, 0.29) is 5.56 Å². The molecule has 5 heteroatoms. The summed E-state index contributed by atoms with van der Waals surface area (Å²) in [6.45, 7) is 0. The zero-order chi connectivity index (χ0) is 13.1. The topological polar surface area (TPSA) is 39.2 Å². The molecule has 1 aromatic heterocycles. The predicted molar refractivity (Wildman–Crippen MR) is 66.0 cm³/mol. The summed E-state index contributed by atoms with van der Waals surface area (Å²) in [4.78, 5) is 15.5. The van der Waals surface area contributed by atoms with Gasteiger partial charge in [0.1, 0.15) is 5.82 Å². The Hall–Kier alpha value is -1.94. The average molecular weight is 266 g/mol. The highest BCUT2D eigenvalue weighted by Crippen LogP contribution is 2.22. The number of benzene rings is 1. The molecule has 0 bridgehead atoms. The van der Waals surface area contributed by atoms with Gasteiger partial charge in [-0.2, -0.15) is 0 Å². The number of hydrogen-bond donors (Lipinski definition) is 0. The van der Waals surface area contributed by atoms with Crippen LogP contribution in [0.1, 0.15) is 10.4 Å². The molecule has 0 N–H and O–H groups in total. The quantitative estimate of drug-likeness (QED) is 0.782. The van der Waals surface area contributed by atoms with Crippen molar-refractivity contribution < 1.29 is 13.9 Å². The summed E-state index contributed by atoms with van der Waals surface area (Å²) in [5, 5.41) is 0.490. The van der Waals surface area contributed by atoms with Gasteiger partial charge in [-0.3, -0.25) is 4.98 Å². The van der Waals surface area contributed by atoms with Gasteiger partial charge in [-0.1, -0.05) is 11.6 Å². The minimum absolute atomic E-state index is 0.134. The Balaban J connectivity index is 2.51. The van der Waals surface area contributed by atoms with Crippen LogP contribution in [-0.2, 0) is 4.74 Å². The van der Waals surface area contributed by atoms with E-state index in [1.165, 1.54) is 25.4 Å². The summed E-state index contributed by atoms with van der Waals surface area (Å²) in [6, 6.07) is 7.11. The van der Waals surface area contributed by atoms with Gasteiger partial charge in [0.05, 0.1) is 18.4 Å². The molecule has 0 spiro atoms. The normalized spacial score (nSPS) is 10.2. The molecule has 0 atom stereocenters. The van der Waals surface area contributed by atoms with E-state index in [1.54, 1.807) is 12.1 Å². The second-order valence-electron chi connectivity index (χ2n) is 3.58. The fraction of sp³-hybridized carbons (Fsp3) is 0.0769. The molecule has 92 valence electrons. The van der Waals surface area contributed by atoms with E-state index >= 15 is 0 Å². The SMILES string of the molecule is COC(=O)c1cc(F)cc(-c2cc(Cl)ccn2)c1. The number of aromatic nitrogens is 1. The largest absolute Gasteiger partial charge is 0.465 e. The summed E-state index contributed by atoms with van der Waals surface area (Å²) >= 11 is 5.84. The van der Waals surface area contributed by atoms with E-state index in [0.717, 1.165) is 6.07 Å². The van der Waals surface area contributed by atoms with E-state index in [2.05, 4.69) is 9.72 Å².